The monoisotopic (exact) mass is 821 g/mol. The van der Waals surface area contributed by atoms with E-state index < -0.39 is 82.6 Å². The van der Waals surface area contributed by atoms with Crippen LogP contribution >= 0.6 is 34.8 Å². The van der Waals surface area contributed by atoms with Gasteiger partial charge in [-0.3, -0.25) is 24.0 Å². The van der Waals surface area contributed by atoms with Crippen LogP contribution in [0.4, 0.5) is 4.79 Å². The number of carbonyl (C=O) groups is 7. The number of carbonyl (C=O) groups excluding carboxylic acids is 6. The highest BCUT2D eigenvalue weighted by Gasteiger charge is 2.45. The van der Waals surface area contributed by atoms with E-state index in [1.807, 2.05) is 30.3 Å². The first-order chi connectivity index (χ1) is 26.2. The van der Waals surface area contributed by atoms with Gasteiger partial charge in [-0.05, 0) is 42.7 Å². The number of halogens is 3. The van der Waals surface area contributed by atoms with E-state index in [2.05, 4.69) is 21.3 Å². The van der Waals surface area contributed by atoms with Crippen molar-refractivity contribution in [2.24, 2.45) is 5.92 Å². The van der Waals surface area contributed by atoms with Crippen molar-refractivity contribution in [1.82, 2.24) is 26.2 Å². The van der Waals surface area contributed by atoms with Crippen molar-refractivity contribution in [2.45, 2.75) is 92.2 Å². The van der Waals surface area contributed by atoms with Gasteiger partial charge in [-0.25, -0.2) is 9.59 Å². The molecule has 1 aliphatic carbocycles. The first-order valence-electron chi connectivity index (χ1n) is 18.2. The standard InChI is InChI=1S/C38H46Cl3N5O9/c1-2-12-27(32(48)34(50)42-20-29(47)44-31(36(52)53)25-17-10-5-11-18-25)43-33(49)28-19-26(23-13-6-3-7-14-23)21-46(28)35(51)30(24-15-8-4-9-16-24)45-37(54)55-22-38(39,40)41/h3,5-7,10-11,13-14,17-18,24,26-28,30-31H,2,4,8-9,12,15-16,19-22H2,1H3,(H,42,50)(H,43,49)(H,44,47)(H,45,54)(H,52,53)/t26-,27?,28+,30+,31+/m1/s1. The maximum Gasteiger partial charge on any atom is 0.407 e. The maximum atomic E-state index is 14.5. The van der Waals surface area contributed by atoms with E-state index in [1.54, 1.807) is 25.1 Å². The Kier molecular flexibility index (Phi) is 16.1. The lowest BCUT2D eigenvalue weighted by atomic mass is 9.83. The Morgan fingerprint density at radius 3 is 2.13 bits per heavy atom. The average Bonchev–Trinajstić information content (AvgIpc) is 3.63. The quantitative estimate of drug-likeness (QED) is 0.121. The summed E-state index contributed by atoms with van der Waals surface area (Å²) in [6, 6.07) is 12.5. The second-order valence-corrected chi connectivity index (χ2v) is 16.2. The normalized spacial score (nSPS) is 18.9. The van der Waals surface area contributed by atoms with E-state index in [0.29, 0.717) is 24.8 Å². The number of likely N-dealkylation sites (tertiary alicyclic amines) is 1. The molecule has 1 unspecified atom stereocenters. The largest absolute Gasteiger partial charge is 0.479 e. The number of hydrogen-bond acceptors (Lipinski definition) is 8. The lowest BCUT2D eigenvalue weighted by Gasteiger charge is -2.34. The average molecular weight is 823 g/mol. The minimum Gasteiger partial charge on any atom is -0.479 e. The van der Waals surface area contributed by atoms with Gasteiger partial charge in [0.15, 0.2) is 6.04 Å². The van der Waals surface area contributed by atoms with Gasteiger partial charge in [-0.15, -0.1) is 0 Å². The minimum atomic E-state index is -1.87. The van der Waals surface area contributed by atoms with Gasteiger partial charge in [-0.2, -0.15) is 0 Å². The molecule has 5 amide bonds. The van der Waals surface area contributed by atoms with E-state index >= 15 is 0 Å². The molecule has 2 fully saturated rings. The van der Waals surface area contributed by atoms with Crippen LogP contribution in [0.15, 0.2) is 60.7 Å². The highest BCUT2D eigenvalue weighted by molar-refractivity contribution is 6.67. The zero-order chi connectivity index (χ0) is 40.1. The van der Waals surface area contributed by atoms with Gasteiger partial charge in [-0.1, -0.05) is 128 Å². The predicted molar refractivity (Wildman–Crippen MR) is 204 cm³/mol. The van der Waals surface area contributed by atoms with Crippen LogP contribution in [0.3, 0.4) is 0 Å². The first-order valence-corrected chi connectivity index (χ1v) is 19.4. The molecule has 2 aliphatic rings. The van der Waals surface area contributed by atoms with Crippen LogP contribution in [0.25, 0.3) is 0 Å². The number of carboxylic acid groups (broad SMARTS) is 1. The summed E-state index contributed by atoms with van der Waals surface area (Å²) in [4.78, 5) is 93.7. The van der Waals surface area contributed by atoms with Gasteiger partial charge in [0, 0.05) is 12.5 Å². The van der Waals surface area contributed by atoms with E-state index in [4.69, 9.17) is 39.5 Å². The smallest absolute Gasteiger partial charge is 0.407 e. The minimum absolute atomic E-state index is 0.0728. The molecule has 55 heavy (non-hydrogen) atoms. The maximum absolute atomic E-state index is 14.5. The molecular weight excluding hydrogens is 777 g/mol. The molecule has 5 N–H and O–H groups in total. The molecule has 14 nitrogen and oxygen atoms in total. The first kappa shape index (κ1) is 43.3. The molecule has 0 bridgehead atoms. The molecule has 1 heterocycles. The number of benzene rings is 2. The fourth-order valence-electron chi connectivity index (χ4n) is 7.01. The van der Waals surface area contributed by atoms with Crippen LogP contribution in [0.2, 0.25) is 0 Å². The van der Waals surface area contributed by atoms with Crippen molar-refractivity contribution in [3.05, 3.63) is 71.8 Å². The number of alkyl halides is 3. The van der Waals surface area contributed by atoms with Crippen molar-refractivity contribution in [3.8, 4) is 0 Å². The van der Waals surface area contributed by atoms with E-state index in [-0.39, 0.29) is 31.2 Å². The number of Topliss-reactive ketones (excluding diaryl/α,β-unsaturated/α-hetero) is 1. The lowest BCUT2D eigenvalue weighted by Crippen LogP contribution is -2.58. The summed E-state index contributed by atoms with van der Waals surface area (Å²) < 4.78 is 3.22. The van der Waals surface area contributed by atoms with E-state index in [1.165, 1.54) is 17.0 Å². The fraction of sp³-hybridized carbons (Fsp3) is 0.500. The number of carboxylic acids is 1. The number of ketones is 1. The van der Waals surface area contributed by atoms with Crippen molar-refractivity contribution in [2.75, 3.05) is 19.7 Å². The van der Waals surface area contributed by atoms with E-state index in [0.717, 1.165) is 24.8 Å². The molecule has 4 rings (SSSR count). The SMILES string of the molecule is CCCC(NC(=O)[C@@H]1C[C@@H](c2ccccc2)CN1C(=O)[C@@H](NC(=O)OCC(Cl)(Cl)Cl)C1CCCCC1)C(=O)C(=O)NCC(=O)N[C@H](C(=O)O)c1ccccc1. The van der Waals surface area contributed by atoms with E-state index in [9.17, 15) is 38.7 Å². The molecule has 5 atom stereocenters. The second kappa shape index (κ2) is 20.5. The summed E-state index contributed by atoms with van der Waals surface area (Å²) in [6.07, 6.45) is 3.66. The number of aliphatic carboxylic acids is 1. The predicted octanol–water partition coefficient (Wildman–Crippen LogP) is 4.33. The van der Waals surface area contributed by atoms with Gasteiger partial charge in [0.2, 0.25) is 27.3 Å². The highest BCUT2D eigenvalue weighted by Crippen LogP contribution is 2.35. The van der Waals surface area contributed by atoms with Crippen LogP contribution in [0, 0.1) is 5.92 Å². The Labute approximate surface area is 334 Å². The number of nitrogens with zero attached hydrogens (tertiary/aromatic N) is 1. The van der Waals surface area contributed by atoms with Gasteiger partial charge in [0.25, 0.3) is 5.91 Å². The number of ether oxygens (including phenoxy) is 1. The molecule has 1 saturated heterocycles. The molecular formula is C38H46Cl3N5O9. The third kappa shape index (κ3) is 12.8. The summed E-state index contributed by atoms with van der Waals surface area (Å²) in [5.41, 5.74) is 1.20. The molecule has 298 valence electrons. The van der Waals surface area contributed by atoms with Crippen molar-refractivity contribution in [3.63, 3.8) is 0 Å². The molecule has 0 radical (unpaired) electrons. The Hall–Kier alpha value is -4.40. The summed E-state index contributed by atoms with van der Waals surface area (Å²) in [5, 5.41) is 19.5. The van der Waals surface area contributed by atoms with Gasteiger partial charge < -0.3 is 36.0 Å². The molecule has 0 aromatic heterocycles. The summed E-state index contributed by atoms with van der Waals surface area (Å²) >= 11 is 17.3. The number of rotatable bonds is 16. The van der Waals surface area contributed by atoms with Crippen LogP contribution in [0.5, 0.6) is 0 Å². The Bertz CT molecular complexity index is 1670. The van der Waals surface area contributed by atoms with Crippen LogP contribution in [0.1, 0.15) is 81.4 Å². The van der Waals surface area contributed by atoms with Gasteiger partial charge >= 0.3 is 12.1 Å². The van der Waals surface area contributed by atoms with Crippen molar-refractivity contribution in [1.29, 1.82) is 0 Å². The zero-order valence-corrected chi connectivity index (χ0v) is 32.6. The number of amides is 5. The van der Waals surface area contributed by atoms with Gasteiger partial charge in [0.1, 0.15) is 18.7 Å². The Balaban J connectivity index is 1.49. The molecule has 1 aliphatic heterocycles. The molecule has 1 saturated carbocycles. The molecule has 2 aromatic rings. The summed E-state index contributed by atoms with van der Waals surface area (Å²) in [5.74, 6) is -6.04. The summed E-state index contributed by atoms with van der Waals surface area (Å²) in [6.45, 7) is 0.642. The topological polar surface area (TPSA) is 200 Å². The second-order valence-electron chi connectivity index (χ2n) is 13.7. The van der Waals surface area contributed by atoms with Gasteiger partial charge in [0.05, 0.1) is 12.6 Å². The molecule has 0 spiro atoms. The third-order valence-corrected chi connectivity index (χ3v) is 10.0. The van der Waals surface area contributed by atoms with Crippen LogP contribution in [-0.2, 0) is 33.5 Å². The zero-order valence-electron chi connectivity index (χ0n) is 30.3. The lowest BCUT2D eigenvalue weighted by molar-refractivity contribution is -0.144. The Morgan fingerprint density at radius 2 is 1.53 bits per heavy atom. The third-order valence-electron chi connectivity index (χ3n) is 9.71. The van der Waals surface area contributed by atoms with Crippen molar-refractivity contribution >= 4 is 76.3 Å². The molecule has 2 aromatic carbocycles. The number of hydrogen-bond donors (Lipinski definition) is 5. The highest BCUT2D eigenvalue weighted by atomic mass is 35.6. The Morgan fingerprint density at radius 1 is 0.891 bits per heavy atom. The summed E-state index contributed by atoms with van der Waals surface area (Å²) in [7, 11) is 0. The van der Waals surface area contributed by atoms with Crippen LogP contribution < -0.4 is 21.3 Å². The fourth-order valence-corrected chi connectivity index (χ4v) is 7.18. The number of alkyl carbamates (subject to hydrolysis) is 1. The van der Waals surface area contributed by atoms with Crippen LogP contribution in [-0.4, -0.2) is 93.1 Å². The number of nitrogens with one attached hydrogen (secondary N) is 4. The van der Waals surface area contributed by atoms with Crippen molar-refractivity contribution < 1.29 is 43.4 Å². The molecule has 17 heteroatoms.